The summed E-state index contributed by atoms with van der Waals surface area (Å²) in [5.74, 6) is 1.12. The minimum Gasteiger partial charge on any atom is -0.467 e. The molecule has 4 heteroatoms. The van der Waals surface area contributed by atoms with Crippen molar-refractivity contribution in [3.05, 3.63) is 35.8 Å². The summed E-state index contributed by atoms with van der Waals surface area (Å²) in [6.45, 7) is 1.63. The minimum absolute atomic E-state index is 0.359. The van der Waals surface area contributed by atoms with Crippen molar-refractivity contribution in [2.24, 2.45) is 5.92 Å². The summed E-state index contributed by atoms with van der Waals surface area (Å²) in [7, 11) is 1.36. The van der Waals surface area contributed by atoms with Crippen LogP contribution < -0.4 is 5.32 Å². The molecule has 0 radical (unpaired) electrons. The zero-order valence-electron chi connectivity index (χ0n) is 10.6. The molecule has 2 rings (SSSR count). The Morgan fingerprint density at radius 2 is 2.44 bits per heavy atom. The second kappa shape index (κ2) is 6.40. The Morgan fingerprint density at radius 1 is 1.56 bits per heavy atom. The molecule has 1 aliphatic rings. The number of methoxy groups -OCH3 is 1. The lowest BCUT2D eigenvalue weighted by Crippen LogP contribution is -2.22. The van der Waals surface area contributed by atoms with Crippen LogP contribution in [0.1, 0.15) is 35.4 Å². The lowest BCUT2D eigenvalue weighted by Gasteiger charge is -2.17. The number of nitrogens with one attached hydrogen (secondary N) is 1. The molecule has 1 aliphatic carbocycles. The molecule has 1 aromatic rings. The van der Waals surface area contributed by atoms with Crippen LogP contribution in [-0.4, -0.2) is 19.6 Å². The van der Waals surface area contributed by atoms with Crippen LogP contribution in [0.5, 0.6) is 0 Å². The average Bonchev–Trinajstić information content (AvgIpc) is 2.88. The van der Waals surface area contributed by atoms with Crippen LogP contribution in [-0.2, 0) is 11.3 Å². The van der Waals surface area contributed by atoms with Gasteiger partial charge in [-0.15, -0.1) is 0 Å². The Kier molecular flexibility index (Phi) is 4.59. The number of hydrogen-bond donors (Lipinski definition) is 1. The van der Waals surface area contributed by atoms with Gasteiger partial charge in [-0.25, -0.2) is 4.79 Å². The van der Waals surface area contributed by atoms with Crippen molar-refractivity contribution < 1.29 is 13.9 Å². The maximum Gasteiger partial charge on any atom is 0.341 e. The van der Waals surface area contributed by atoms with E-state index in [0.29, 0.717) is 18.0 Å². The first-order valence-electron chi connectivity index (χ1n) is 6.31. The topological polar surface area (TPSA) is 51.5 Å². The van der Waals surface area contributed by atoms with E-state index in [1.54, 1.807) is 6.07 Å². The molecule has 1 atom stereocenters. The van der Waals surface area contributed by atoms with Crippen molar-refractivity contribution in [3.8, 4) is 0 Å². The van der Waals surface area contributed by atoms with Crippen molar-refractivity contribution in [2.75, 3.05) is 13.7 Å². The SMILES string of the molecule is COC(=O)c1coc(CNCC2CC=CCC2)c1. The Labute approximate surface area is 107 Å². The number of hydrogen-bond acceptors (Lipinski definition) is 4. The lowest BCUT2D eigenvalue weighted by atomic mass is 9.94. The molecule has 1 aromatic heterocycles. The summed E-state index contributed by atoms with van der Waals surface area (Å²) < 4.78 is 9.92. The highest BCUT2D eigenvalue weighted by Gasteiger charge is 2.11. The van der Waals surface area contributed by atoms with Gasteiger partial charge in [0.1, 0.15) is 12.0 Å². The summed E-state index contributed by atoms with van der Waals surface area (Å²) in [6, 6.07) is 1.72. The molecule has 0 amide bonds. The molecule has 1 heterocycles. The summed E-state index contributed by atoms with van der Waals surface area (Å²) in [5, 5.41) is 3.36. The highest BCUT2D eigenvalue weighted by atomic mass is 16.5. The van der Waals surface area contributed by atoms with Crippen molar-refractivity contribution in [2.45, 2.75) is 25.8 Å². The Bertz CT molecular complexity index is 422. The third kappa shape index (κ3) is 3.47. The zero-order chi connectivity index (χ0) is 12.8. The van der Waals surface area contributed by atoms with Crippen LogP contribution in [0.25, 0.3) is 0 Å². The summed E-state index contributed by atoms with van der Waals surface area (Å²) >= 11 is 0. The number of carbonyl (C=O) groups is 1. The van der Waals surface area contributed by atoms with Crippen LogP contribution in [0.2, 0.25) is 0 Å². The van der Waals surface area contributed by atoms with E-state index in [0.717, 1.165) is 18.7 Å². The molecular weight excluding hydrogens is 230 g/mol. The fraction of sp³-hybridized carbons (Fsp3) is 0.500. The smallest absolute Gasteiger partial charge is 0.341 e. The number of ether oxygens (including phenoxy) is 1. The van der Waals surface area contributed by atoms with Gasteiger partial charge in [0.15, 0.2) is 0 Å². The first kappa shape index (κ1) is 12.9. The van der Waals surface area contributed by atoms with Gasteiger partial charge in [-0.1, -0.05) is 12.2 Å². The van der Waals surface area contributed by atoms with Crippen LogP contribution in [0.4, 0.5) is 0 Å². The predicted molar refractivity (Wildman–Crippen MR) is 68.2 cm³/mol. The third-order valence-electron chi connectivity index (χ3n) is 3.18. The standard InChI is InChI=1S/C14H19NO3/c1-17-14(16)12-7-13(18-10-12)9-15-8-11-5-3-2-4-6-11/h2-3,7,10-11,15H,4-6,8-9H2,1H3. The molecule has 1 N–H and O–H groups in total. The molecule has 0 saturated carbocycles. The van der Waals surface area contributed by atoms with Gasteiger partial charge in [-0.05, 0) is 37.8 Å². The quantitative estimate of drug-likeness (QED) is 0.643. The molecule has 0 saturated heterocycles. The maximum atomic E-state index is 11.2. The molecule has 4 nitrogen and oxygen atoms in total. The fourth-order valence-electron chi connectivity index (χ4n) is 2.14. The van der Waals surface area contributed by atoms with Crippen LogP contribution in [0.15, 0.2) is 28.9 Å². The number of rotatable bonds is 5. The van der Waals surface area contributed by atoms with Crippen molar-refractivity contribution >= 4 is 5.97 Å². The fourth-order valence-corrected chi connectivity index (χ4v) is 2.14. The second-order valence-corrected chi connectivity index (χ2v) is 4.57. The molecule has 1 unspecified atom stereocenters. The molecule has 18 heavy (non-hydrogen) atoms. The highest BCUT2D eigenvalue weighted by Crippen LogP contribution is 2.17. The van der Waals surface area contributed by atoms with Crippen molar-refractivity contribution in [1.82, 2.24) is 5.32 Å². The average molecular weight is 249 g/mol. The van der Waals surface area contributed by atoms with E-state index < -0.39 is 0 Å². The number of carbonyl (C=O) groups excluding carboxylic acids is 1. The predicted octanol–water partition coefficient (Wildman–Crippen LogP) is 2.51. The first-order valence-corrected chi connectivity index (χ1v) is 6.31. The van der Waals surface area contributed by atoms with Gasteiger partial charge in [-0.2, -0.15) is 0 Å². The van der Waals surface area contributed by atoms with Gasteiger partial charge in [0, 0.05) is 0 Å². The molecule has 0 spiro atoms. The van der Waals surface area contributed by atoms with Gasteiger partial charge < -0.3 is 14.5 Å². The highest BCUT2D eigenvalue weighted by molar-refractivity contribution is 5.88. The third-order valence-corrected chi connectivity index (χ3v) is 3.18. The maximum absolute atomic E-state index is 11.2. The summed E-state index contributed by atoms with van der Waals surface area (Å²) in [5.41, 5.74) is 0.467. The number of allylic oxidation sites excluding steroid dienone is 2. The lowest BCUT2D eigenvalue weighted by molar-refractivity contribution is 0.0600. The summed E-state index contributed by atoms with van der Waals surface area (Å²) in [6.07, 6.45) is 9.50. The van der Waals surface area contributed by atoms with Gasteiger partial charge in [-0.3, -0.25) is 0 Å². The van der Waals surface area contributed by atoms with E-state index in [-0.39, 0.29) is 5.97 Å². The van der Waals surface area contributed by atoms with Gasteiger partial charge in [0.05, 0.1) is 19.2 Å². The second-order valence-electron chi connectivity index (χ2n) is 4.57. The zero-order valence-corrected chi connectivity index (χ0v) is 10.6. The molecule has 0 aliphatic heterocycles. The van der Waals surface area contributed by atoms with Gasteiger partial charge >= 0.3 is 5.97 Å². The van der Waals surface area contributed by atoms with E-state index in [1.807, 2.05) is 0 Å². The monoisotopic (exact) mass is 249 g/mol. The number of furan rings is 1. The van der Waals surface area contributed by atoms with E-state index in [9.17, 15) is 4.79 Å². The van der Waals surface area contributed by atoms with E-state index in [4.69, 9.17) is 4.42 Å². The van der Waals surface area contributed by atoms with Crippen LogP contribution >= 0.6 is 0 Å². The number of esters is 1. The Hall–Kier alpha value is -1.55. The Balaban J connectivity index is 1.74. The first-order chi connectivity index (χ1) is 8.79. The molecule has 0 bridgehead atoms. The van der Waals surface area contributed by atoms with E-state index in [2.05, 4.69) is 22.2 Å². The van der Waals surface area contributed by atoms with Crippen molar-refractivity contribution in [1.29, 1.82) is 0 Å². The molecular formula is C14H19NO3. The van der Waals surface area contributed by atoms with Gasteiger partial charge in [0.25, 0.3) is 0 Å². The van der Waals surface area contributed by atoms with E-state index >= 15 is 0 Å². The Morgan fingerprint density at radius 3 is 3.17 bits per heavy atom. The molecule has 0 fully saturated rings. The largest absolute Gasteiger partial charge is 0.467 e. The summed E-state index contributed by atoms with van der Waals surface area (Å²) in [4.78, 5) is 11.2. The normalized spacial score (nSPS) is 18.8. The van der Waals surface area contributed by atoms with Crippen LogP contribution in [0, 0.1) is 5.92 Å². The minimum atomic E-state index is -0.359. The molecule has 0 aromatic carbocycles. The van der Waals surface area contributed by atoms with E-state index in [1.165, 1.54) is 26.2 Å². The van der Waals surface area contributed by atoms with Gasteiger partial charge in [0.2, 0.25) is 0 Å². The van der Waals surface area contributed by atoms with Crippen LogP contribution in [0.3, 0.4) is 0 Å². The van der Waals surface area contributed by atoms with Crippen molar-refractivity contribution in [3.63, 3.8) is 0 Å². The molecule has 98 valence electrons.